The van der Waals surface area contributed by atoms with Crippen molar-refractivity contribution in [3.05, 3.63) is 29.1 Å². The summed E-state index contributed by atoms with van der Waals surface area (Å²) in [5.74, 6) is -1.50. The van der Waals surface area contributed by atoms with Crippen LogP contribution in [0.15, 0.2) is 12.3 Å². The molecule has 72 valence electrons. The average Bonchev–Trinajstić information content (AvgIpc) is 2.16. The van der Waals surface area contributed by atoms with Crippen molar-refractivity contribution in [3.8, 4) is 6.07 Å². The zero-order chi connectivity index (χ0) is 10.7. The average molecular weight is 198 g/mol. The van der Waals surface area contributed by atoms with Crippen LogP contribution < -0.4 is 0 Å². The maximum atomic E-state index is 12.2. The van der Waals surface area contributed by atoms with Crippen molar-refractivity contribution in [2.24, 2.45) is 0 Å². The second-order valence-corrected chi connectivity index (χ2v) is 2.37. The Morgan fingerprint density at radius 3 is 2.71 bits per heavy atom. The Hall–Kier alpha value is -2.03. The summed E-state index contributed by atoms with van der Waals surface area (Å²) in [5, 5.41) is 16.9. The van der Waals surface area contributed by atoms with Crippen LogP contribution in [0.2, 0.25) is 0 Å². The number of carbonyl (C=O) groups is 1. The number of aromatic nitrogens is 1. The summed E-state index contributed by atoms with van der Waals surface area (Å²) in [6.45, 7) is 0. The van der Waals surface area contributed by atoms with Gasteiger partial charge in [0.25, 0.3) is 6.43 Å². The normalized spacial score (nSPS) is 9.86. The van der Waals surface area contributed by atoms with E-state index in [1.807, 2.05) is 0 Å². The lowest BCUT2D eigenvalue weighted by Crippen LogP contribution is -2.04. The summed E-state index contributed by atoms with van der Waals surface area (Å²) < 4.78 is 24.5. The Balaban J connectivity index is 3.33. The molecule has 14 heavy (non-hydrogen) atoms. The van der Waals surface area contributed by atoms with Gasteiger partial charge in [-0.05, 0) is 6.07 Å². The molecule has 0 saturated carbocycles. The van der Waals surface area contributed by atoms with Gasteiger partial charge in [0.15, 0.2) is 0 Å². The topological polar surface area (TPSA) is 74.0 Å². The number of rotatable bonds is 2. The molecule has 1 aromatic rings. The Morgan fingerprint density at radius 1 is 1.64 bits per heavy atom. The summed E-state index contributed by atoms with van der Waals surface area (Å²) in [4.78, 5) is 13.9. The predicted molar refractivity (Wildman–Crippen MR) is 40.9 cm³/mol. The van der Waals surface area contributed by atoms with Crippen LogP contribution in [0.3, 0.4) is 0 Å². The van der Waals surface area contributed by atoms with Crippen molar-refractivity contribution in [1.82, 2.24) is 4.98 Å². The third-order valence-corrected chi connectivity index (χ3v) is 1.51. The molecule has 1 aromatic heterocycles. The number of carboxylic acids is 1. The number of pyridine rings is 1. The zero-order valence-electron chi connectivity index (χ0n) is 6.74. The molecule has 0 aliphatic carbocycles. The Morgan fingerprint density at radius 2 is 2.29 bits per heavy atom. The molecule has 0 aliphatic rings. The standard InChI is InChI=1S/C8H4F2N2O2/c9-7(10)6-3-12-4(2-11)1-5(6)8(13)14/h1,3,7H,(H,13,14). The van der Waals surface area contributed by atoms with E-state index in [2.05, 4.69) is 4.98 Å². The molecule has 1 rings (SSSR count). The summed E-state index contributed by atoms with van der Waals surface area (Å²) in [6.07, 6.45) is -2.21. The van der Waals surface area contributed by atoms with Gasteiger partial charge in [0.1, 0.15) is 11.8 Å². The van der Waals surface area contributed by atoms with E-state index >= 15 is 0 Å². The van der Waals surface area contributed by atoms with Gasteiger partial charge in [0.05, 0.1) is 11.1 Å². The van der Waals surface area contributed by atoms with Crippen molar-refractivity contribution < 1.29 is 18.7 Å². The molecule has 0 unspecified atom stereocenters. The largest absolute Gasteiger partial charge is 0.478 e. The number of aromatic carboxylic acids is 1. The summed E-state index contributed by atoms with van der Waals surface area (Å²) in [5.41, 5.74) is -1.48. The lowest BCUT2D eigenvalue weighted by atomic mass is 10.1. The Labute approximate surface area is 77.4 Å². The first-order valence-corrected chi connectivity index (χ1v) is 3.47. The molecule has 0 bridgehead atoms. The van der Waals surface area contributed by atoms with E-state index in [0.717, 1.165) is 6.07 Å². The smallest absolute Gasteiger partial charge is 0.336 e. The minimum Gasteiger partial charge on any atom is -0.478 e. The van der Waals surface area contributed by atoms with Crippen LogP contribution in [0.4, 0.5) is 8.78 Å². The van der Waals surface area contributed by atoms with E-state index < -0.39 is 23.5 Å². The van der Waals surface area contributed by atoms with Crippen LogP contribution in [0.1, 0.15) is 28.0 Å². The van der Waals surface area contributed by atoms with Gasteiger partial charge in [-0.15, -0.1) is 0 Å². The molecular formula is C8H4F2N2O2. The Bertz CT molecular complexity index is 412. The van der Waals surface area contributed by atoms with Crippen LogP contribution in [0, 0.1) is 11.3 Å². The highest BCUT2D eigenvalue weighted by Crippen LogP contribution is 2.22. The fourth-order valence-electron chi connectivity index (χ4n) is 0.886. The number of alkyl halides is 2. The molecule has 1 N–H and O–H groups in total. The van der Waals surface area contributed by atoms with Crippen LogP contribution >= 0.6 is 0 Å². The summed E-state index contributed by atoms with van der Waals surface area (Å²) in [7, 11) is 0. The van der Waals surface area contributed by atoms with E-state index in [1.165, 1.54) is 0 Å². The highest BCUT2D eigenvalue weighted by Gasteiger charge is 2.18. The number of halogens is 2. The molecule has 0 fully saturated rings. The van der Waals surface area contributed by atoms with E-state index in [4.69, 9.17) is 10.4 Å². The van der Waals surface area contributed by atoms with Crippen molar-refractivity contribution in [1.29, 1.82) is 5.26 Å². The van der Waals surface area contributed by atoms with E-state index in [1.54, 1.807) is 6.07 Å². The zero-order valence-corrected chi connectivity index (χ0v) is 6.74. The van der Waals surface area contributed by atoms with Gasteiger partial charge in [-0.2, -0.15) is 5.26 Å². The highest BCUT2D eigenvalue weighted by molar-refractivity contribution is 5.89. The predicted octanol–water partition coefficient (Wildman–Crippen LogP) is 1.59. The Kier molecular flexibility index (Phi) is 2.72. The molecule has 0 saturated heterocycles. The maximum Gasteiger partial charge on any atom is 0.336 e. The fourth-order valence-corrected chi connectivity index (χ4v) is 0.886. The van der Waals surface area contributed by atoms with Crippen molar-refractivity contribution in [3.63, 3.8) is 0 Å². The molecule has 0 radical (unpaired) electrons. The molecule has 1 heterocycles. The number of hydrogen-bond donors (Lipinski definition) is 1. The highest BCUT2D eigenvalue weighted by atomic mass is 19.3. The number of nitriles is 1. The van der Waals surface area contributed by atoms with Crippen LogP contribution in [0.5, 0.6) is 0 Å². The first-order valence-electron chi connectivity index (χ1n) is 3.47. The van der Waals surface area contributed by atoms with Gasteiger partial charge in [0, 0.05) is 6.20 Å². The SMILES string of the molecule is N#Cc1cc(C(=O)O)c(C(F)F)cn1. The van der Waals surface area contributed by atoms with Crippen molar-refractivity contribution >= 4 is 5.97 Å². The molecular weight excluding hydrogens is 194 g/mol. The van der Waals surface area contributed by atoms with E-state index in [0.29, 0.717) is 6.20 Å². The second kappa shape index (κ2) is 3.79. The third kappa shape index (κ3) is 1.82. The molecule has 0 aliphatic heterocycles. The van der Waals surface area contributed by atoms with Crippen molar-refractivity contribution in [2.45, 2.75) is 6.43 Å². The van der Waals surface area contributed by atoms with Gasteiger partial charge in [0.2, 0.25) is 0 Å². The first-order chi connectivity index (χ1) is 6.56. The van der Waals surface area contributed by atoms with Gasteiger partial charge in [-0.3, -0.25) is 0 Å². The summed E-state index contributed by atoms with van der Waals surface area (Å²) >= 11 is 0. The van der Waals surface area contributed by atoms with Crippen molar-refractivity contribution in [2.75, 3.05) is 0 Å². The minimum absolute atomic E-state index is 0.202. The van der Waals surface area contributed by atoms with E-state index in [-0.39, 0.29) is 5.69 Å². The molecule has 4 nitrogen and oxygen atoms in total. The van der Waals surface area contributed by atoms with Gasteiger partial charge in [-0.1, -0.05) is 0 Å². The maximum absolute atomic E-state index is 12.2. The van der Waals surface area contributed by atoms with Crippen LogP contribution in [-0.4, -0.2) is 16.1 Å². The number of nitrogens with zero attached hydrogens (tertiary/aromatic N) is 2. The lowest BCUT2D eigenvalue weighted by molar-refractivity contribution is 0.0684. The van der Waals surface area contributed by atoms with Crippen LogP contribution in [-0.2, 0) is 0 Å². The number of carboxylic acid groups (broad SMARTS) is 1. The lowest BCUT2D eigenvalue weighted by Gasteiger charge is -2.03. The van der Waals surface area contributed by atoms with Gasteiger partial charge in [-0.25, -0.2) is 18.6 Å². The summed E-state index contributed by atoms with van der Waals surface area (Å²) in [6, 6.07) is 2.39. The molecule has 0 atom stereocenters. The van der Waals surface area contributed by atoms with Gasteiger partial charge >= 0.3 is 5.97 Å². The minimum atomic E-state index is -2.92. The van der Waals surface area contributed by atoms with E-state index in [9.17, 15) is 13.6 Å². The van der Waals surface area contributed by atoms with Gasteiger partial charge < -0.3 is 5.11 Å². The third-order valence-electron chi connectivity index (χ3n) is 1.51. The van der Waals surface area contributed by atoms with Crippen LogP contribution in [0.25, 0.3) is 0 Å². The molecule has 0 amide bonds. The quantitative estimate of drug-likeness (QED) is 0.782. The first kappa shape index (κ1) is 10.1. The monoisotopic (exact) mass is 198 g/mol. The molecule has 0 spiro atoms. The fraction of sp³-hybridized carbons (Fsp3) is 0.125. The number of hydrogen-bond acceptors (Lipinski definition) is 3. The molecule has 6 heteroatoms. The molecule has 0 aromatic carbocycles. The second-order valence-electron chi connectivity index (χ2n) is 2.37.